The number of rotatable bonds is 10. The zero-order chi connectivity index (χ0) is 25.4. The highest BCUT2D eigenvalue weighted by Crippen LogP contribution is 2.36. The van der Waals surface area contributed by atoms with E-state index in [1.807, 2.05) is 56.3 Å². The van der Waals surface area contributed by atoms with Gasteiger partial charge in [0.15, 0.2) is 0 Å². The molecule has 0 aliphatic heterocycles. The van der Waals surface area contributed by atoms with E-state index in [-0.39, 0.29) is 18.0 Å². The highest BCUT2D eigenvalue weighted by atomic mass is 127. The molecule has 0 fully saturated rings. The molecule has 35 heavy (non-hydrogen) atoms. The number of methoxy groups -OCH3 is 1. The lowest BCUT2D eigenvalue weighted by molar-refractivity contribution is 0.281. The molecule has 1 N–H and O–H groups in total. The maximum atomic E-state index is 10.00. The van der Waals surface area contributed by atoms with E-state index >= 15 is 0 Å². The average Bonchev–Trinajstić information content (AvgIpc) is 2.90. The van der Waals surface area contributed by atoms with Gasteiger partial charge in [0.1, 0.15) is 5.75 Å². The number of halogens is 1. The molecule has 0 saturated carbocycles. The van der Waals surface area contributed by atoms with Crippen LogP contribution >= 0.6 is 22.6 Å². The molecule has 0 aliphatic carbocycles. The van der Waals surface area contributed by atoms with Crippen LogP contribution < -0.4 is 10.1 Å². The summed E-state index contributed by atoms with van der Waals surface area (Å²) in [7, 11) is 1.65. The third-order valence-electron chi connectivity index (χ3n) is 6.57. The van der Waals surface area contributed by atoms with Crippen molar-refractivity contribution in [3.05, 3.63) is 101 Å². The van der Waals surface area contributed by atoms with Crippen LogP contribution in [-0.2, 0) is 10.8 Å². The Balaban J connectivity index is 1.97. The third kappa shape index (κ3) is 6.84. The van der Waals surface area contributed by atoms with E-state index < -0.39 is 5.41 Å². The van der Waals surface area contributed by atoms with Gasteiger partial charge in [0.25, 0.3) is 0 Å². The van der Waals surface area contributed by atoms with Crippen molar-refractivity contribution in [3.63, 3.8) is 0 Å². The summed E-state index contributed by atoms with van der Waals surface area (Å²) in [6.45, 7) is 6.11. The summed E-state index contributed by atoms with van der Waals surface area (Å²) in [6.07, 6.45) is 0.826. The predicted octanol–water partition coefficient (Wildman–Crippen LogP) is 7.10. The summed E-state index contributed by atoms with van der Waals surface area (Å²) in [4.78, 5) is 0. The fourth-order valence-electron chi connectivity index (χ4n) is 4.40. The topological polar surface area (TPSA) is 68.8 Å². The summed E-state index contributed by atoms with van der Waals surface area (Å²) in [5.74, 6) is 0.903. The van der Waals surface area contributed by atoms with Crippen LogP contribution in [0.1, 0.15) is 60.5 Å². The molecule has 0 bridgehead atoms. The molecule has 5 heteroatoms. The molecule has 3 aromatic rings. The van der Waals surface area contributed by atoms with Crippen LogP contribution in [0.4, 0.5) is 0 Å². The second-order valence-corrected chi connectivity index (χ2v) is 10.3. The molecule has 180 valence electrons. The predicted molar refractivity (Wildman–Crippen MR) is 149 cm³/mol. The SMILES string of the molecule is COc1ccc(C(N[C@@H](C)[C@@H](Cc2ccc(CI)cc2)c2cccc(C#N)c2)C(C)(C)C#N)cc1. The molecule has 0 spiro atoms. The van der Waals surface area contributed by atoms with Gasteiger partial charge >= 0.3 is 0 Å². The van der Waals surface area contributed by atoms with Gasteiger partial charge in [-0.25, -0.2) is 0 Å². The van der Waals surface area contributed by atoms with Crippen molar-refractivity contribution < 1.29 is 4.74 Å². The third-order valence-corrected chi connectivity index (χ3v) is 7.45. The lowest BCUT2D eigenvalue weighted by Crippen LogP contribution is -2.42. The maximum absolute atomic E-state index is 10.00. The smallest absolute Gasteiger partial charge is 0.118 e. The minimum absolute atomic E-state index is 0.0351. The first kappa shape index (κ1) is 26.7. The van der Waals surface area contributed by atoms with Crippen molar-refractivity contribution in [2.75, 3.05) is 7.11 Å². The summed E-state index contributed by atoms with van der Waals surface area (Å²) >= 11 is 2.38. The Bertz CT molecular complexity index is 1190. The Labute approximate surface area is 223 Å². The van der Waals surface area contributed by atoms with E-state index in [9.17, 15) is 10.5 Å². The second kappa shape index (κ2) is 12.2. The number of nitrogens with zero attached hydrogens (tertiary/aromatic N) is 2. The number of nitriles is 2. The lowest BCUT2D eigenvalue weighted by Gasteiger charge is -2.36. The summed E-state index contributed by atoms with van der Waals surface area (Å²) < 4.78 is 6.31. The van der Waals surface area contributed by atoms with Gasteiger partial charge in [0.05, 0.1) is 36.3 Å². The fraction of sp³-hybridized carbons (Fsp3) is 0.333. The number of nitrogens with one attached hydrogen (secondary N) is 1. The largest absolute Gasteiger partial charge is 0.497 e. The van der Waals surface area contributed by atoms with Crippen LogP contribution in [0, 0.1) is 28.1 Å². The molecular weight excluding hydrogens is 545 g/mol. The van der Waals surface area contributed by atoms with Gasteiger partial charge in [-0.15, -0.1) is 0 Å². The van der Waals surface area contributed by atoms with Crippen molar-refractivity contribution >= 4 is 22.6 Å². The van der Waals surface area contributed by atoms with Crippen LogP contribution in [-0.4, -0.2) is 13.2 Å². The molecule has 0 aliphatic rings. The van der Waals surface area contributed by atoms with Gasteiger partial charge in [-0.1, -0.05) is 71.1 Å². The molecule has 3 aromatic carbocycles. The van der Waals surface area contributed by atoms with Crippen LogP contribution in [0.15, 0.2) is 72.8 Å². The summed E-state index contributed by atoms with van der Waals surface area (Å²) in [5, 5.41) is 23.3. The molecule has 3 rings (SSSR count). The van der Waals surface area contributed by atoms with Crippen LogP contribution in [0.2, 0.25) is 0 Å². The van der Waals surface area contributed by atoms with Crippen molar-refractivity contribution in [3.8, 4) is 17.9 Å². The molecule has 0 aromatic heterocycles. The van der Waals surface area contributed by atoms with Gasteiger partial charge < -0.3 is 10.1 Å². The molecule has 3 atom stereocenters. The zero-order valence-electron chi connectivity index (χ0n) is 20.8. The highest BCUT2D eigenvalue weighted by molar-refractivity contribution is 14.1. The molecule has 0 heterocycles. The second-order valence-electron chi connectivity index (χ2n) is 9.49. The number of hydrogen-bond acceptors (Lipinski definition) is 4. The fourth-order valence-corrected chi connectivity index (χ4v) is 4.91. The van der Waals surface area contributed by atoms with Gasteiger partial charge in [0.2, 0.25) is 0 Å². The monoisotopic (exact) mass is 577 g/mol. The quantitative estimate of drug-likeness (QED) is 0.206. The van der Waals surface area contributed by atoms with E-state index in [1.165, 1.54) is 11.1 Å². The van der Waals surface area contributed by atoms with Crippen molar-refractivity contribution in [1.82, 2.24) is 5.32 Å². The van der Waals surface area contributed by atoms with Gasteiger partial charge in [0, 0.05) is 16.4 Å². The van der Waals surface area contributed by atoms with E-state index in [0.29, 0.717) is 5.56 Å². The molecule has 4 nitrogen and oxygen atoms in total. The molecule has 0 amide bonds. The Kier molecular flexibility index (Phi) is 9.32. The zero-order valence-corrected chi connectivity index (χ0v) is 22.9. The van der Waals surface area contributed by atoms with Crippen molar-refractivity contribution in [1.29, 1.82) is 10.5 Å². The van der Waals surface area contributed by atoms with Gasteiger partial charge in [-0.05, 0) is 73.7 Å². The van der Waals surface area contributed by atoms with E-state index in [4.69, 9.17) is 4.74 Å². The van der Waals surface area contributed by atoms with E-state index in [1.54, 1.807) is 7.11 Å². The van der Waals surface area contributed by atoms with E-state index in [0.717, 1.165) is 27.7 Å². The molecular formula is C30H32IN3O. The molecule has 0 radical (unpaired) electrons. The Morgan fingerprint density at radius 3 is 2.17 bits per heavy atom. The van der Waals surface area contributed by atoms with Crippen LogP contribution in [0.5, 0.6) is 5.75 Å². The van der Waals surface area contributed by atoms with Crippen molar-refractivity contribution in [2.45, 2.75) is 49.6 Å². The van der Waals surface area contributed by atoms with Gasteiger partial charge in [-0.3, -0.25) is 0 Å². The average molecular weight is 578 g/mol. The Hall–Kier alpha value is -2.87. The number of ether oxygens (including phenoxy) is 1. The Morgan fingerprint density at radius 2 is 1.60 bits per heavy atom. The number of alkyl halides is 1. The van der Waals surface area contributed by atoms with Crippen LogP contribution in [0.25, 0.3) is 0 Å². The minimum atomic E-state index is -0.635. The maximum Gasteiger partial charge on any atom is 0.118 e. The Morgan fingerprint density at radius 1 is 0.943 bits per heavy atom. The number of hydrogen-bond donors (Lipinski definition) is 1. The van der Waals surface area contributed by atoms with Gasteiger partial charge in [-0.2, -0.15) is 10.5 Å². The molecule has 1 unspecified atom stereocenters. The normalized spacial score (nSPS) is 13.8. The van der Waals surface area contributed by atoms with E-state index in [2.05, 4.69) is 77.3 Å². The summed E-state index contributed by atoms with van der Waals surface area (Å²) in [6, 6.07) is 29.2. The van der Waals surface area contributed by atoms with Crippen LogP contribution in [0.3, 0.4) is 0 Å². The first-order valence-corrected chi connectivity index (χ1v) is 13.3. The highest BCUT2D eigenvalue weighted by Gasteiger charge is 2.34. The minimum Gasteiger partial charge on any atom is -0.497 e. The van der Waals surface area contributed by atoms with Crippen molar-refractivity contribution in [2.24, 2.45) is 5.41 Å². The summed E-state index contributed by atoms with van der Waals surface area (Å²) in [5.41, 5.74) is 4.73. The number of benzene rings is 3. The lowest BCUT2D eigenvalue weighted by atomic mass is 9.79. The molecule has 0 saturated heterocycles. The first-order chi connectivity index (χ1) is 16.8. The standard InChI is InChI=1S/C30H32IN3O/c1-21(34-29(30(2,3)20-33)25-12-14-27(35-4)15-13-25)28(26-7-5-6-24(16-26)19-32)17-22-8-10-23(18-31)11-9-22/h5-16,21,28-29,34H,17-18H2,1-4H3/t21-,28+,29?/m0/s1. The first-order valence-electron chi connectivity index (χ1n) is 11.8.